The van der Waals surface area contributed by atoms with Gasteiger partial charge in [-0.2, -0.15) is 5.26 Å². The summed E-state index contributed by atoms with van der Waals surface area (Å²) in [7, 11) is 1.53. The van der Waals surface area contributed by atoms with Crippen LogP contribution in [0.25, 0.3) is 6.08 Å². The van der Waals surface area contributed by atoms with Crippen molar-refractivity contribution in [2.45, 2.75) is 6.61 Å². The number of amides is 1. The third-order valence-electron chi connectivity index (χ3n) is 4.49. The molecule has 3 aromatic carbocycles. The minimum atomic E-state index is -1.06. The van der Waals surface area contributed by atoms with E-state index in [-0.39, 0.29) is 11.1 Å². The molecule has 32 heavy (non-hydrogen) atoms. The zero-order chi connectivity index (χ0) is 22.9. The number of hydrogen-bond acceptors (Lipinski definition) is 5. The second kappa shape index (κ2) is 10.5. The Kier molecular flexibility index (Phi) is 7.23. The van der Waals surface area contributed by atoms with Crippen molar-refractivity contribution in [3.8, 4) is 17.6 Å². The predicted molar refractivity (Wildman–Crippen MR) is 119 cm³/mol. The first-order valence-electron chi connectivity index (χ1n) is 9.61. The molecule has 0 spiro atoms. The average molecular weight is 428 g/mol. The maximum absolute atomic E-state index is 12.5. The molecule has 0 heterocycles. The number of carboxylic acid groups (broad SMARTS) is 1. The monoisotopic (exact) mass is 428 g/mol. The molecule has 0 saturated carbocycles. The maximum atomic E-state index is 12.5. The number of carbonyl (C=O) groups excluding carboxylic acids is 1. The van der Waals surface area contributed by atoms with Crippen LogP contribution in [-0.4, -0.2) is 24.1 Å². The molecule has 0 radical (unpaired) electrons. The summed E-state index contributed by atoms with van der Waals surface area (Å²) in [6.45, 7) is 0.336. The largest absolute Gasteiger partial charge is 0.493 e. The molecular formula is C25H20N2O5. The van der Waals surface area contributed by atoms with Crippen LogP contribution in [0.3, 0.4) is 0 Å². The van der Waals surface area contributed by atoms with E-state index in [0.717, 1.165) is 5.56 Å². The molecule has 0 saturated heterocycles. The van der Waals surface area contributed by atoms with Gasteiger partial charge in [0.1, 0.15) is 18.2 Å². The van der Waals surface area contributed by atoms with E-state index in [2.05, 4.69) is 5.32 Å². The fourth-order valence-electron chi connectivity index (χ4n) is 2.84. The van der Waals surface area contributed by atoms with E-state index in [4.69, 9.17) is 14.6 Å². The second-order valence-electron chi connectivity index (χ2n) is 6.69. The molecule has 0 unspecified atom stereocenters. The van der Waals surface area contributed by atoms with Gasteiger partial charge in [-0.15, -0.1) is 0 Å². The molecule has 0 aromatic heterocycles. The van der Waals surface area contributed by atoms with Gasteiger partial charge >= 0.3 is 5.97 Å². The zero-order valence-electron chi connectivity index (χ0n) is 17.2. The van der Waals surface area contributed by atoms with Gasteiger partial charge in [0, 0.05) is 5.69 Å². The SMILES string of the molecule is COc1ccc(/C=C(\C#N)C(=O)Nc2ccc(C(=O)O)cc2)cc1OCc1ccccc1. The van der Waals surface area contributed by atoms with Crippen LogP contribution in [0.2, 0.25) is 0 Å². The van der Waals surface area contributed by atoms with Crippen molar-refractivity contribution in [3.05, 3.63) is 95.1 Å². The molecule has 7 heteroatoms. The van der Waals surface area contributed by atoms with Crippen molar-refractivity contribution in [1.82, 2.24) is 0 Å². The van der Waals surface area contributed by atoms with Crippen LogP contribution < -0.4 is 14.8 Å². The van der Waals surface area contributed by atoms with Crippen LogP contribution in [-0.2, 0) is 11.4 Å². The summed E-state index contributed by atoms with van der Waals surface area (Å²) in [6.07, 6.45) is 1.44. The first-order valence-corrected chi connectivity index (χ1v) is 9.61. The Balaban J connectivity index is 1.77. The fraction of sp³-hybridized carbons (Fsp3) is 0.0800. The zero-order valence-corrected chi connectivity index (χ0v) is 17.2. The highest BCUT2D eigenvalue weighted by Gasteiger charge is 2.12. The van der Waals surface area contributed by atoms with Crippen LogP contribution in [0.4, 0.5) is 5.69 Å². The Hall–Kier alpha value is -4.57. The number of carboxylic acids is 1. The van der Waals surface area contributed by atoms with Crippen molar-refractivity contribution in [3.63, 3.8) is 0 Å². The molecule has 0 aliphatic carbocycles. The summed E-state index contributed by atoms with van der Waals surface area (Å²) in [5.41, 5.74) is 1.93. The van der Waals surface area contributed by atoms with Gasteiger partial charge in [0.2, 0.25) is 0 Å². The molecule has 3 aromatic rings. The van der Waals surface area contributed by atoms with E-state index in [9.17, 15) is 14.9 Å². The number of rotatable bonds is 8. The van der Waals surface area contributed by atoms with Crippen molar-refractivity contribution in [1.29, 1.82) is 5.26 Å². The van der Waals surface area contributed by atoms with E-state index in [1.54, 1.807) is 18.2 Å². The number of nitrogens with zero attached hydrogens (tertiary/aromatic N) is 1. The Morgan fingerprint density at radius 3 is 2.38 bits per heavy atom. The summed E-state index contributed by atoms with van der Waals surface area (Å²) in [5, 5.41) is 21.0. The Labute approximate surface area is 185 Å². The van der Waals surface area contributed by atoms with Crippen molar-refractivity contribution in [2.24, 2.45) is 0 Å². The smallest absolute Gasteiger partial charge is 0.335 e. The molecule has 3 rings (SSSR count). The first kappa shape index (κ1) is 22.1. The lowest BCUT2D eigenvalue weighted by atomic mass is 10.1. The summed E-state index contributed by atoms with van der Waals surface area (Å²) in [4.78, 5) is 23.4. The van der Waals surface area contributed by atoms with Crippen LogP contribution in [0.5, 0.6) is 11.5 Å². The predicted octanol–water partition coefficient (Wildman–Crippen LogP) is 4.52. The molecule has 0 fully saturated rings. The third-order valence-corrected chi connectivity index (χ3v) is 4.49. The molecule has 0 aliphatic rings. The lowest BCUT2D eigenvalue weighted by Crippen LogP contribution is -2.13. The molecular weight excluding hydrogens is 408 g/mol. The first-order chi connectivity index (χ1) is 15.5. The molecule has 1 amide bonds. The lowest BCUT2D eigenvalue weighted by Gasteiger charge is -2.12. The van der Waals surface area contributed by atoms with Crippen LogP contribution in [0.1, 0.15) is 21.5 Å². The summed E-state index contributed by atoms with van der Waals surface area (Å²) < 4.78 is 11.2. The van der Waals surface area contributed by atoms with Crippen molar-refractivity contribution >= 4 is 23.6 Å². The van der Waals surface area contributed by atoms with E-state index < -0.39 is 11.9 Å². The normalized spacial score (nSPS) is 10.7. The minimum absolute atomic E-state index is 0.0975. The van der Waals surface area contributed by atoms with E-state index in [1.165, 1.54) is 37.5 Å². The molecule has 160 valence electrons. The van der Waals surface area contributed by atoms with Crippen LogP contribution in [0, 0.1) is 11.3 Å². The third kappa shape index (κ3) is 5.74. The van der Waals surface area contributed by atoms with E-state index in [1.807, 2.05) is 36.4 Å². The van der Waals surface area contributed by atoms with Gasteiger partial charge < -0.3 is 19.9 Å². The van der Waals surface area contributed by atoms with Gasteiger partial charge in [-0.3, -0.25) is 4.79 Å². The fourth-order valence-corrected chi connectivity index (χ4v) is 2.84. The average Bonchev–Trinajstić information content (AvgIpc) is 2.82. The quantitative estimate of drug-likeness (QED) is 0.403. The molecule has 0 bridgehead atoms. The maximum Gasteiger partial charge on any atom is 0.335 e. The Morgan fingerprint density at radius 2 is 1.75 bits per heavy atom. The second-order valence-corrected chi connectivity index (χ2v) is 6.69. The number of aromatic carboxylic acids is 1. The number of methoxy groups -OCH3 is 1. The number of nitriles is 1. The summed E-state index contributed by atoms with van der Waals surface area (Å²) >= 11 is 0. The summed E-state index contributed by atoms with van der Waals surface area (Å²) in [6, 6.07) is 22.3. The number of anilines is 1. The number of ether oxygens (including phenoxy) is 2. The highest BCUT2D eigenvalue weighted by Crippen LogP contribution is 2.30. The van der Waals surface area contributed by atoms with Gasteiger partial charge in [0.25, 0.3) is 5.91 Å². The Bertz CT molecular complexity index is 1180. The molecule has 7 nitrogen and oxygen atoms in total. The van der Waals surface area contributed by atoms with Crippen LogP contribution in [0.15, 0.2) is 78.4 Å². The van der Waals surface area contributed by atoms with Crippen molar-refractivity contribution in [2.75, 3.05) is 12.4 Å². The van der Waals surface area contributed by atoms with Gasteiger partial charge in [0.15, 0.2) is 11.5 Å². The number of nitrogens with one attached hydrogen (secondary N) is 1. The Morgan fingerprint density at radius 1 is 1.03 bits per heavy atom. The molecule has 0 aliphatic heterocycles. The standard InChI is InChI=1S/C25H20N2O5/c1-31-22-12-7-18(14-23(22)32-16-17-5-3-2-4-6-17)13-20(15-26)24(28)27-21-10-8-19(9-11-21)25(29)30/h2-14H,16H2,1H3,(H,27,28)(H,29,30)/b20-13+. The summed E-state index contributed by atoms with van der Waals surface area (Å²) in [5.74, 6) is -0.671. The van der Waals surface area contributed by atoms with E-state index in [0.29, 0.717) is 29.4 Å². The highest BCUT2D eigenvalue weighted by molar-refractivity contribution is 6.09. The number of benzene rings is 3. The van der Waals surface area contributed by atoms with Crippen molar-refractivity contribution < 1.29 is 24.2 Å². The van der Waals surface area contributed by atoms with Gasteiger partial charge in [0.05, 0.1) is 12.7 Å². The van der Waals surface area contributed by atoms with Gasteiger partial charge in [-0.05, 0) is 53.6 Å². The van der Waals surface area contributed by atoms with E-state index >= 15 is 0 Å². The lowest BCUT2D eigenvalue weighted by molar-refractivity contribution is -0.112. The topological polar surface area (TPSA) is 109 Å². The van der Waals surface area contributed by atoms with Gasteiger partial charge in [-0.1, -0.05) is 36.4 Å². The number of carbonyl (C=O) groups is 2. The van der Waals surface area contributed by atoms with Gasteiger partial charge in [-0.25, -0.2) is 4.79 Å². The van der Waals surface area contributed by atoms with Crippen LogP contribution >= 0.6 is 0 Å². The molecule has 2 N–H and O–H groups in total. The molecule has 0 atom stereocenters. The minimum Gasteiger partial charge on any atom is -0.493 e. The highest BCUT2D eigenvalue weighted by atomic mass is 16.5. The number of hydrogen-bond donors (Lipinski definition) is 2.